The number of aliphatic hydroxyl groups excluding tert-OH is 10. The standard InChI is InChI=1S/C39H62O16/c1-16(15-51-35-32(48)30(46)28(44)24(13-40)52-35)7-10-39(50)17(2)26-23(55-39)12-21-19-6-5-18-11-22(42)27(43)34(38(18,4)20(19)8-9-37(21,26)3)54-36-33(49)31(47)29(45)25(14-41)53-36/h5,17,19-36,40-50H,1,6-15H2,2-4H3/t17-,19+,20-,21-,22+,23-,24+,25+,26-,27-,28+,29-,30-,31-,32+,33+,34+,35+,36-,37-,38-,39-/m0/s1. The van der Waals surface area contributed by atoms with Gasteiger partial charge in [0.15, 0.2) is 18.4 Å². The Morgan fingerprint density at radius 3 is 2.11 bits per heavy atom. The lowest BCUT2D eigenvalue weighted by Gasteiger charge is -2.61. The highest BCUT2D eigenvalue weighted by molar-refractivity contribution is 5.30. The summed E-state index contributed by atoms with van der Waals surface area (Å²) < 4.78 is 29.7. The maximum Gasteiger partial charge on any atom is 0.187 e. The van der Waals surface area contributed by atoms with Gasteiger partial charge >= 0.3 is 0 Å². The van der Waals surface area contributed by atoms with E-state index in [-0.39, 0.29) is 60.6 Å². The Balaban J connectivity index is 1.02. The van der Waals surface area contributed by atoms with Crippen molar-refractivity contribution in [2.75, 3.05) is 19.8 Å². The van der Waals surface area contributed by atoms with E-state index in [9.17, 15) is 56.2 Å². The number of fused-ring (bicyclic) bond motifs is 7. The average Bonchev–Trinajstić information content (AvgIpc) is 3.59. The highest BCUT2D eigenvalue weighted by Crippen LogP contribution is 2.70. The Hall–Kier alpha value is -1.16. The molecule has 0 aromatic heterocycles. The van der Waals surface area contributed by atoms with Crippen molar-refractivity contribution in [3.8, 4) is 0 Å². The van der Waals surface area contributed by atoms with Crippen LogP contribution in [0.4, 0.5) is 0 Å². The van der Waals surface area contributed by atoms with Gasteiger partial charge in [-0.1, -0.05) is 44.6 Å². The fourth-order valence-electron chi connectivity index (χ4n) is 12.1. The summed E-state index contributed by atoms with van der Waals surface area (Å²) in [5, 5.41) is 116. The molecule has 0 aromatic carbocycles. The van der Waals surface area contributed by atoms with Crippen LogP contribution >= 0.6 is 0 Å². The van der Waals surface area contributed by atoms with Crippen molar-refractivity contribution in [3.63, 3.8) is 0 Å². The number of allylic oxidation sites excluding steroid dienone is 1. The molecule has 6 fully saturated rings. The van der Waals surface area contributed by atoms with Gasteiger partial charge in [0.25, 0.3) is 0 Å². The van der Waals surface area contributed by atoms with Crippen LogP contribution < -0.4 is 0 Å². The van der Waals surface area contributed by atoms with Crippen molar-refractivity contribution in [3.05, 3.63) is 23.8 Å². The summed E-state index contributed by atoms with van der Waals surface area (Å²) in [6, 6.07) is 0. The molecule has 0 amide bonds. The van der Waals surface area contributed by atoms with Crippen molar-refractivity contribution >= 4 is 0 Å². The molecule has 3 heterocycles. The third kappa shape index (κ3) is 6.79. The molecular weight excluding hydrogens is 724 g/mol. The number of aliphatic hydroxyl groups is 11. The number of rotatable bonds is 10. The molecule has 0 bridgehead atoms. The summed E-state index contributed by atoms with van der Waals surface area (Å²) in [6.45, 7) is 9.18. The molecule has 0 radical (unpaired) electrons. The van der Waals surface area contributed by atoms with Crippen LogP contribution in [0.1, 0.15) is 65.7 Å². The highest BCUT2D eigenvalue weighted by Gasteiger charge is 2.69. The predicted octanol–water partition coefficient (Wildman–Crippen LogP) is -1.82. The Morgan fingerprint density at radius 2 is 1.47 bits per heavy atom. The van der Waals surface area contributed by atoms with E-state index in [1.165, 1.54) is 0 Å². The van der Waals surface area contributed by atoms with Gasteiger partial charge in [-0.15, -0.1) is 0 Å². The van der Waals surface area contributed by atoms with Gasteiger partial charge in [0.2, 0.25) is 0 Å². The summed E-state index contributed by atoms with van der Waals surface area (Å²) in [4.78, 5) is 0. The number of hydrogen-bond donors (Lipinski definition) is 11. The molecule has 7 aliphatic rings. The maximum absolute atomic E-state index is 12.0. The van der Waals surface area contributed by atoms with Crippen molar-refractivity contribution in [2.24, 2.45) is 40.4 Å². The molecule has 0 unspecified atom stereocenters. The van der Waals surface area contributed by atoms with Crippen molar-refractivity contribution in [1.82, 2.24) is 0 Å². The second-order valence-electron chi connectivity index (χ2n) is 18.0. The molecule has 0 spiro atoms. The first-order chi connectivity index (χ1) is 25.9. The lowest BCUT2D eigenvalue weighted by atomic mass is 9.46. The molecule has 16 nitrogen and oxygen atoms in total. The predicted molar refractivity (Wildman–Crippen MR) is 189 cm³/mol. The normalized spacial score (nSPS) is 54.9. The van der Waals surface area contributed by atoms with Crippen LogP contribution in [0.2, 0.25) is 0 Å². The minimum Gasteiger partial charge on any atom is -0.394 e. The summed E-state index contributed by atoms with van der Waals surface area (Å²) >= 11 is 0. The van der Waals surface area contributed by atoms with E-state index >= 15 is 0 Å². The zero-order chi connectivity index (χ0) is 39.9. The van der Waals surface area contributed by atoms with E-state index in [1.807, 2.05) is 13.8 Å². The van der Waals surface area contributed by atoms with E-state index in [0.717, 1.165) is 31.3 Å². The average molecular weight is 787 g/mol. The van der Waals surface area contributed by atoms with E-state index in [1.54, 1.807) is 0 Å². The molecule has 22 atom stereocenters. The Morgan fingerprint density at radius 1 is 0.855 bits per heavy atom. The first-order valence-electron chi connectivity index (χ1n) is 19.9. The minimum absolute atomic E-state index is 0.0163. The minimum atomic E-state index is -1.66. The van der Waals surface area contributed by atoms with Crippen molar-refractivity contribution < 1.29 is 79.9 Å². The lowest BCUT2D eigenvalue weighted by molar-refractivity contribution is -0.334. The van der Waals surface area contributed by atoms with E-state index < -0.39 is 104 Å². The highest BCUT2D eigenvalue weighted by atomic mass is 16.7. The quantitative estimate of drug-likeness (QED) is 0.109. The van der Waals surface area contributed by atoms with Gasteiger partial charge < -0.3 is 79.9 Å². The Labute approximate surface area is 320 Å². The smallest absolute Gasteiger partial charge is 0.187 e. The molecule has 55 heavy (non-hydrogen) atoms. The fraction of sp³-hybridized carbons (Fsp3) is 0.897. The zero-order valence-corrected chi connectivity index (χ0v) is 31.8. The summed E-state index contributed by atoms with van der Waals surface area (Å²) in [7, 11) is 0. The third-order valence-electron chi connectivity index (χ3n) is 15.2. The van der Waals surface area contributed by atoms with Gasteiger partial charge in [-0.3, -0.25) is 0 Å². The summed E-state index contributed by atoms with van der Waals surface area (Å²) in [5.41, 5.74) is 0.602. The Bertz CT molecular complexity index is 1430. The topological polar surface area (TPSA) is 269 Å². The Kier molecular flexibility index (Phi) is 11.8. The van der Waals surface area contributed by atoms with Crippen LogP contribution in [0, 0.1) is 40.4 Å². The van der Waals surface area contributed by atoms with Crippen molar-refractivity contribution in [2.45, 2.75) is 157 Å². The van der Waals surface area contributed by atoms with E-state index in [4.69, 9.17) is 23.7 Å². The third-order valence-corrected chi connectivity index (χ3v) is 15.2. The molecule has 16 heteroatoms. The monoisotopic (exact) mass is 786 g/mol. The van der Waals surface area contributed by atoms with Crippen LogP contribution in [0.25, 0.3) is 0 Å². The van der Waals surface area contributed by atoms with Gasteiger partial charge in [0.1, 0.15) is 54.9 Å². The molecule has 11 N–H and O–H groups in total. The first-order valence-corrected chi connectivity index (χ1v) is 19.9. The van der Waals surface area contributed by atoms with Gasteiger partial charge in [-0.25, -0.2) is 0 Å². The molecular formula is C39H62O16. The van der Waals surface area contributed by atoms with Crippen LogP contribution in [0.15, 0.2) is 23.8 Å². The van der Waals surface area contributed by atoms with Gasteiger partial charge in [-0.05, 0) is 67.6 Å². The molecule has 314 valence electrons. The summed E-state index contributed by atoms with van der Waals surface area (Å²) in [6.07, 6.45) is -12.1. The van der Waals surface area contributed by atoms with Crippen LogP contribution in [0.3, 0.4) is 0 Å². The molecule has 3 saturated heterocycles. The second-order valence-corrected chi connectivity index (χ2v) is 18.0. The lowest BCUT2D eigenvalue weighted by Crippen LogP contribution is -2.65. The SMILES string of the molecule is C=C(CC[C@]1(O)O[C@H]2C[C@H]3[C@@H]4CC=C5C[C@@H](O)[C@H](O)[C@@H](O[C@@H]6O[C@H](CO)[C@H](O)[C@H](O)[C@H]6O)[C@]5(C)[C@H]4CC[C@]3(C)[C@H]2[C@@H]1C)CO[C@@H]1O[C@H](CO)[C@@H](O)[C@H](O)[C@H]1O. The van der Waals surface area contributed by atoms with Gasteiger partial charge in [-0.2, -0.15) is 0 Å². The molecule has 0 aromatic rings. The first kappa shape index (κ1) is 42.0. The molecule has 7 rings (SSSR count). The molecule has 3 aliphatic heterocycles. The van der Waals surface area contributed by atoms with Crippen molar-refractivity contribution in [1.29, 1.82) is 0 Å². The van der Waals surface area contributed by atoms with Crippen LogP contribution in [-0.2, 0) is 23.7 Å². The largest absolute Gasteiger partial charge is 0.394 e. The zero-order valence-electron chi connectivity index (χ0n) is 31.8. The van der Waals surface area contributed by atoms with Crippen LogP contribution in [0.5, 0.6) is 0 Å². The fourth-order valence-corrected chi connectivity index (χ4v) is 12.1. The van der Waals surface area contributed by atoms with Crippen LogP contribution in [-0.4, -0.2) is 168 Å². The maximum atomic E-state index is 12.0. The molecule has 4 aliphatic carbocycles. The van der Waals surface area contributed by atoms with Gasteiger partial charge in [0, 0.05) is 17.8 Å². The van der Waals surface area contributed by atoms with E-state index in [0.29, 0.717) is 12.0 Å². The summed E-state index contributed by atoms with van der Waals surface area (Å²) in [5.74, 6) is -1.21. The van der Waals surface area contributed by atoms with E-state index in [2.05, 4.69) is 19.6 Å². The number of hydrogen-bond acceptors (Lipinski definition) is 16. The second kappa shape index (κ2) is 15.5. The van der Waals surface area contributed by atoms with Gasteiger partial charge in [0.05, 0.1) is 38.1 Å². The number of ether oxygens (including phenoxy) is 5. The molecule has 3 saturated carbocycles.